The van der Waals surface area contributed by atoms with Gasteiger partial charge in [-0.3, -0.25) is 10.1 Å². The molecule has 0 bridgehead atoms. The van der Waals surface area contributed by atoms with Gasteiger partial charge in [-0.15, -0.1) is 0 Å². The fourth-order valence-corrected chi connectivity index (χ4v) is 2.82. The summed E-state index contributed by atoms with van der Waals surface area (Å²) >= 11 is 14.7. The molecular weight excluding hydrogens is 436 g/mol. The van der Waals surface area contributed by atoms with Crippen LogP contribution in [0.1, 0.15) is 29.8 Å². The first kappa shape index (κ1) is 20.7. The Kier molecular flexibility index (Phi) is 7.87. The molecule has 7 heteroatoms. The first-order valence-corrected chi connectivity index (χ1v) is 9.69. The predicted octanol–water partition coefficient (Wildman–Crippen LogP) is 4.94. The van der Waals surface area contributed by atoms with E-state index >= 15 is 0 Å². The van der Waals surface area contributed by atoms with Gasteiger partial charge < -0.3 is 10.1 Å². The van der Waals surface area contributed by atoms with Crippen LogP contribution in [0.3, 0.4) is 0 Å². The van der Waals surface area contributed by atoms with Crippen molar-refractivity contribution in [1.82, 2.24) is 10.6 Å². The molecule has 1 amide bonds. The first-order valence-electron chi connectivity index (χ1n) is 8.11. The number of hydrogen-bond acceptors (Lipinski definition) is 3. The summed E-state index contributed by atoms with van der Waals surface area (Å²) in [5.41, 5.74) is 1.32. The number of rotatable bonds is 6. The molecule has 0 aliphatic rings. The molecule has 0 heterocycles. The number of carbonyl (C=O) groups excluding carboxylic acids is 1. The molecule has 0 aromatic heterocycles. The molecule has 0 saturated heterocycles. The quantitative estimate of drug-likeness (QED) is 0.606. The molecule has 4 nitrogen and oxygen atoms in total. The van der Waals surface area contributed by atoms with Crippen molar-refractivity contribution in [1.29, 1.82) is 0 Å². The van der Waals surface area contributed by atoms with Crippen molar-refractivity contribution in [2.75, 3.05) is 6.61 Å². The largest absolute Gasteiger partial charge is 0.492 e. The predicted molar refractivity (Wildman–Crippen MR) is 113 cm³/mol. The Hall–Kier alpha value is -1.63. The first-order chi connectivity index (χ1) is 12.4. The smallest absolute Gasteiger partial charge is 0.261 e. The van der Waals surface area contributed by atoms with Crippen LogP contribution < -0.4 is 15.4 Å². The number of benzene rings is 2. The Bertz CT molecular complexity index is 799. The van der Waals surface area contributed by atoms with Crippen molar-refractivity contribution < 1.29 is 9.53 Å². The van der Waals surface area contributed by atoms with Gasteiger partial charge in [0.15, 0.2) is 5.11 Å². The summed E-state index contributed by atoms with van der Waals surface area (Å²) < 4.78 is 6.53. The van der Waals surface area contributed by atoms with Crippen LogP contribution in [0.2, 0.25) is 5.02 Å². The van der Waals surface area contributed by atoms with Gasteiger partial charge in [-0.05, 0) is 48.0 Å². The molecule has 0 aliphatic carbocycles. The summed E-state index contributed by atoms with van der Waals surface area (Å²) in [5.74, 6) is 0.544. The fraction of sp³-hybridized carbons (Fsp3) is 0.263. The van der Waals surface area contributed by atoms with Crippen LogP contribution in [0.5, 0.6) is 5.75 Å². The van der Waals surface area contributed by atoms with E-state index in [0.717, 1.165) is 10.0 Å². The minimum atomic E-state index is -0.332. The standard InChI is InChI=1S/C19H20BrClN2O2S/c1-12(2)11-25-17-8-7-14(20)9-15(17)18(24)23-19(26)22-10-13-5-3-4-6-16(13)21/h3-9,12H,10-11H2,1-2H3,(H2,22,23,24,26). The van der Waals surface area contributed by atoms with Gasteiger partial charge in [0.25, 0.3) is 5.91 Å². The van der Waals surface area contributed by atoms with Crippen molar-refractivity contribution in [3.05, 3.63) is 63.1 Å². The molecule has 0 spiro atoms. The highest BCUT2D eigenvalue weighted by Crippen LogP contribution is 2.24. The number of ether oxygens (including phenoxy) is 1. The Morgan fingerprint density at radius 1 is 1.27 bits per heavy atom. The molecule has 0 unspecified atom stereocenters. The maximum Gasteiger partial charge on any atom is 0.261 e. The van der Waals surface area contributed by atoms with Gasteiger partial charge in [-0.25, -0.2) is 0 Å². The maximum atomic E-state index is 12.6. The molecule has 2 N–H and O–H groups in total. The zero-order valence-electron chi connectivity index (χ0n) is 14.5. The SMILES string of the molecule is CC(C)COc1ccc(Br)cc1C(=O)NC(=S)NCc1ccccc1Cl. The van der Waals surface area contributed by atoms with Crippen LogP contribution in [0.15, 0.2) is 46.9 Å². The molecule has 26 heavy (non-hydrogen) atoms. The van der Waals surface area contributed by atoms with Crippen LogP contribution in [0.4, 0.5) is 0 Å². The molecule has 0 saturated carbocycles. The van der Waals surface area contributed by atoms with Crippen LogP contribution in [-0.4, -0.2) is 17.6 Å². The molecule has 0 fully saturated rings. The van der Waals surface area contributed by atoms with Crippen LogP contribution >= 0.6 is 39.7 Å². The molecule has 138 valence electrons. The number of nitrogens with one attached hydrogen (secondary N) is 2. The van der Waals surface area contributed by atoms with Crippen molar-refractivity contribution >= 4 is 50.8 Å². The molecule has 0 atom stereocenters. The van der Waals surface area contributed by atoms with Gasteiger partial charge in [-0.2, -0.15) is 0 Å². The number of carbonyl (C=O) groups is 1. The van der Waals surface area contributed by atoms with Crippen molar-refractivity contribution in [2.24, 2.45) is 5.92 Å². The third-order valence-electron chi connectivity index (χ3n) is 3.38. The highest BCUT2D eigenvalue weighted by Gasteiger charge is 2.15. The summed E-state index contributed by atoms with van der Waals surface area (Å²) in [5, 5.41) is 6.54. The Morgan fingerprint density at radius 3 is 2.69 bits per heavy atom. The van der Waals surface area contributed by atoms with Crippen molar-refractivity contribution in [3.63, 3.8) is 0 Å². The number of amides is 1. The van der Waals surface area contributed by atoms with E-state index in [1.165, 1.54) is 0 Å². The summed E-state index contributed by atoms with van der Waals surface area (Å²) in [6.45, 7) is 5.05. The average molecular weight is 456 g/mol. The topological polar surface area (TPSA) is 50.4 Å². The van der Waals surface area contributed by atoms with E-state index in [0.29, 0.717) is 35.4 Å². The van der Waals surface area contributed by atoms with E-state index in [2.05, 4.69) is 26.6 Å². The van der Waals surface area contributed by atoms with E-state index in [9.17, 15) is 4.79 Å². The number of hydrogen-bond donors (Lipinski definition) is 2. The van der Waals surface area contributed by atoms with E-state index in [-0.39, 0.29) is 11.0 Å². The fourth-order valence-electron chi connectivity index (χ4n) is 2.09. The molecule has 2 aromatic rings. The number of halogens is 2. The summed E-state index contributed by atoms with van der Waals surface area (Å²) in [4.78, 5) is 12.6. The normalized spacial score (nSPS) is 10.5. The summed E-state index contributed by atoms with van der Waals surface area (Å²) in [6, 6.07) is 12.8. The Balaban J connectivity index is 2.01. The summed E-state index contributed by atoms with van der Waals surface area (Å²) in [7, 11) is 0. The van der Waals surface area contributed by atoms with Gasteiger partial charge in [0.2, 0.25) is 0 Å². The third kappa shape index (κ3) is 6.27. The van der Waals surface area contributed by atoms with Crippen LogP contribution in [0, 0.1) is 5.92 Å². The van der Waals surface area contributed by atoms with E-state index < -0.39 is 0 Å². The van der Waals surface area contributed by atoms with E-state index in [1.54, 1.807) is 18.2 Å². The Morgan fingerprint density at radius 2 is 2.00 bits per heavy atom. The average Bonchev–Trinajstić information content (AvgIpc) is 2.59. The molecular formula is C19H20BrClN2O2S. The van der Waals surface area contributed by atoms with Crippen LogP contribution in [0.25, 0.3) is 0 Å². The number of thiocarbonyl (C=S) groups is 1. The molecule has 2 rings (SSSR count). The van der Waals surface area contributed by atoms with Gasteiger partial charge in [0, 0.05) is 16.0 Å². The lowest BCUT2D eigenvalue weighted by Gasteiger charge is -2.15. The zero-order valence-corrected chi connectivity index (χ0v) is 17.7. The lowest BCUT2D eigenvalue weighted by Crippen LogP contribution is -2.39. The van der Waals surface area contributed by atoms with Crippen molar-refractivity contribution in [2.45, 2.75) is 20.4 Å². The minimum Gasteiger partial charge on any atom is -0.492 e. The van der Waals surface area contributed by atoms with Gasteiger partial charge >= 0.3 is 0 Å². The monoisotopic (exact) mass is 454 g/mol. The molecule has 0 aliphatic heterocycles. The second-order valence-electron chi connectivity index (χ2n) is 6.07. The zero-order chi connectivity index (χ0) is 19.1. The van der Waals surface area contributed by atoms with E-state index in [4.69, 9.17) is 28.6 Å². The lowest BCUT2D eigenvalue weighted by molar-refractivity contribution is 0.0971. The second kappa shape index (κ2) is 9.90. The van der Waals surface area contributed by atoms with Gasteiger partial charge in [-0.1, -0.05) is 59.6 Å². The summed E-state index contributed by atoms with van der Waals surface area (Å²) in [6.07, 6.45) is 0. The Labute approximate surface area is 172 Å². The molecule has 2 aromatic carbocycles. The molecule has 0 radical (unpaired) electrons. The van der Waals surface area contributed by atoms with Crippen LogP contribution in [-0.2, 0) is 6.54 Å². The van der Waals surface area contributed by atoms with E-state index in [1.807, 2.05) is 38.1 Å². The lowest BCUT2D eigenvalue weighted by atomic mass is 10.2. The highest BCUT2D eigenvalue weighted by atomic mass is 79.9. The minimum absolute atomic E-state index is 0.227. The highest BCUT2D eigenvalue weighted by molar-refractivity contribution is 9.10. The van der Waals surface area contributed by atoms with Gasteiger partial charge in [0.1, 0.15) is 5.75 Å². The second-order valence-corrected chi connectivity index (χ2v) is 7.80. The third-order valence-corrected chi connectivity index (χ3v) is 4.49. The maximum absolute atomic E-state index is 12.6. The van der Waals surface area contributed by atoms with Gasteiger partial charge in [0.05, 0.1) is 12.2 Å². The van der Waals surface area contributed by atoms with Crippen molar-refractivity contribution in [3.8, 4) is 5.75 Å².